The third-order valence-corrected chi connectivity index (χ3v) is 7.31. The third-order valence-electron chi connectivity index (χ3n) is 7.31. The number of amides is 3. The molecule has 4 rings (SSSR count). The monoisotopic (exact) mass is 497 g/mol. The fourth-order valence-electron chi connectivity index (χ4n) is 4.87. The van der Waals surface area contributed by atoms with Crippen molar-refractivity contribution in [2.45, 2.75) is 63.6 Å². The van der Waals surface area contributed by atoms with E-state index in [1.165, 1.54) is 22.1 Å². The van der Waals surface area contributed by atoms with Crippen molar-refractivity contribution in [3.8, 4) is 11.5 Å². The topological polar surface area (TPSA) is 115 Å². The fraction of sp³-hybridized carbons (Fsp3) is 0.538. The minimum atomic E-state index is -1.09. The molecule has 3 amide bonds. The summed E-state index contributed by atoms with van der Waals surface area (Å²) in [5.74, 6) is 0.372. The Balaban J connectivity index is 1.40. The summed E-state index contributed by atoms with van der Waals surface area (Å²) < 4.78 is 12.1. The van der Waals surface area contributed by atoms with Crippen molar-refractivity contribution in [2.24, 2.45) is 0 Å². The Hall–Kier alpha value is -3.56. The van der Waals surface area contributed by atoms with E-state index in [0.717, 1.165) is 31.2 Å². The van der Waals surface area contributed by atoms with Crippen LogP contribution in [0.4, 0.5) is 0 Å². The number of hydrogen-bond donors (Lipinski definition) is 2. The number of benzene rings is 1. The van der Waals surface area contributed by atoms with Crippen LogP contribution in [0.2, 0.25) is 0 Å². The molecule has 0 unspecified atom stereocenters. The van der Waals surface area contributed by atoms with Crippen molar-refractivity contribution in [2.75, 3.05) is 27.8 Å². The normalized spacial score (nSPS) is 20.0. The van der Waals surface area contributed by atoms with Gasteiger partial charge in [-0.3, -0.25) is 19.1 Å². The zero-order valence-electron chi connectivity index (χ0n) is 21.4. The lowest BCUT2D eigenvalue weighted by molar-refractivity contribution is -0.133. The minimum Gasteiger partial charge on any atom is -0.493 e. The number of rotatable bonds is 8. The van der Waals surface area contributed by atoms with Crippen molar-refractivity contribution in [1.82, 2.24) is 25.3 Å². The summed E-state index contributed by atoms with van der Waals surface area (Å²) in [5, 5.41) is 10.4. The van der Waals surface area contributed by atoms with Gasteiger partial charge in [0.05, 0.1) is 20.8 Å². The van der Waals surface area contributed by atoms with Crippen molar-refractivity contribution in [3.05, 3.63) is 41.2 Å². The zero-order chi connectivity index (χ0) is 25.9. The van der Waals surface area contributed by atoms with Gasteiger partial charge in [-0.15, -0.1) is 0 Å². The number of methoxy groups -OCH3 is 2. The number of fused-ring (bicyclic) bond motifs is 1. The van der Waals surface area contributed by atoms with Gasteiger partial charge in [0.2, 0.25) is 5.91 Å². The minimum absolute atomic E-state index is 0.137. The van der Waals surface area contributed by atoms with Crippen molar-refractivity contribution in [3.63, 3.8) is 0 Å². The van der Waals surface area contributed by atoms with Crippen LogP contribution in [0.5, 0.6) is 11.5 Å². The molecule has 1 aromatic heterocycles. The molecule has 2 aromatic rings. The number of aromatic nitrogens is 2. The molecule has 1 aliphatic carbocycles. The van der Waals surface area contributed by atoms with Gasteiger partial charge in [0, 0.05) is 25.7 Å². The summed E-state index contributed by atoms with van der Waals surface area (Å²) in [6.45, 7) is 2.31. The first-order valence-electron chi connectivity index (χ1n) is 12.4. The molecule has 2 N–H and O–H groups in total. The predicted molar refractivity (Wildman–Crippen MR) is 133 cm³/mol. The summed E-state index contributed by atoms with van der Waals surface area (Å²) in [6, 6.07) is 7.23. The van der Waals surface area contributed by atoms with Crippen LogP contribution in [0.15, 0.2) is 24.3 Å². The second-order valence-corrected chi connectivity index (χ2v) is 9.71. The molecule has 1 aromatic carbocycles. The standard InChI is InChI=1S/C26H35N5O5/c1-26(25(34)28-18-8-6-5-7-9-18)16-31-20(24(33)30(26)2)15-19(29-31)23(32)27-13-12-17-10-11-21(35-3)22(14-17)36-4/h10-11,14-15,18H,5-9,12-13,16H2,1-4H3,(H,27,32)(H,28,34)/t26-/m0/s1. The molecule has 1 aliphatic heterocycles. The Bertz CT molecular complexity index is 1140. The predicted octanol–water partition coefficient (Wildman–Crippen LogP) is 2.17. The number of carbonyl (C=O) groups is 3. The highest BCUT2D eigenvalue weighted by atomic mass is 16.5. The fourth-order valence-corrected chi connectivity index (χ4v) is 4.87. The van der Waals surface area contributed by atoms with Crippen LogP contribution in [-0.4, -0.2) is 71.8 Å². The highest BCUT2D eigenvalue weighted by molar-refractivity contribution is 6.01. The Kier molecular flexibility index (Phi) is 7.51. The molecule has 1 fully saturated rings. The Morgan fingerprint density at radius 1 is 1.11 bits per heavy atom. The number of carbonyl (C=O) groups excluding carboxylic acids is 3. The van der Waals surface area contributed by atoms with Crippen molar-refractivity contribution in [1.29, 1.82) is 0 Å². The van der Waals surface area contributed by atoms with Crippen LogP contribution in [0.25, 0.3) is 0 Å². The Labute approximate surface area is 211 Å². The van der Waals surface area contributed by atoms with Crippen molar-refractivity contribution < 1.29 is 23.9 Å². The highest BCUT2D eigenvalue weighted by Gasteiger charge is 2.46. The van der Waals surface area contributed by atoms with E-state index < -0.39 is 5.54 Å². The molecule has 1 atom stereocenters. The maximum absolute atomic E-state index is 13.2. The van der Waals surface area contributed by atoms with Crippen LogP contribution in [-0.2, 0) is 17.8 Å². The SMILES string of the molecule is COc1ccc(CCNC(=O)c2cc3n(n2)C[C@@](C)(C(=O)NC2CCCCC2)N(C)C3=O)cc1OC. The van der Waals surface area contributed by atoms with Crippen LogP contribution in [0.3, 0.4) is 0 Å². The smallest absolute Gasteiger partial charge is 0.272 e. The van der Waals surface area contributed by atoms with Gasteiger partial charge >= 0.3 is 0 Å². The second kappa shape index (κ2) is 10.6. The summed E-state index contributed by atoms with van der Waals surface area (Å²) in [6.07, 6.45) is 5.90. The van der Waals surface area contributed by atoms with Gasteiger partial charge in [-0.05, 0) is 43.9 Å². The average molecular weight is 498 g/mol. The van der Waals surface area contributed by atoms with E-state index in [1.54, 1.807) is 28.2 Å². The first-order chi connectivity index (χ1) is 17.3. The van der Waals surface area contributed by atoms with E-state index in [2.05, 4.69) is 15.7 Å². The van der Waals surface area contributed by atoms with E-state index in [-0.39, 0.29) is 36.0 Å². The van der Waals surface area contributed by atoms with Gasteiger partial charge < -0.3 is 25.0 Å². The number of ether oxygens (including phenoxy) is 2. The van der Waals surface area contributed by atoms with E-state index in [9.17, 15) is 14.4 Å². The molecule has 0 bridgehead atoms. The number of nitrogens with one attached hydrogen (secondary N) is 2. The first kappa shape index (κ1) is 25.5. The first-order valence-corrected chi connectivity index (χ1v) is 12.4. The van der Waals surface area contributed by atoms with Gasteiger partial charge in [-0.2, -0.15) is 5.10 Å². The molecular weight excluding hydrogens is 462 g/mol. The van der Waals surface area contributed by atoms with Gasteiger partial charge in [-0.1, -0.05) is 25.3 Å². The van der Waals surface area contributed by atoms with E-state index in [0.29, 0.717) is 30.2 Å². The summed E-state index contributed by atoms with van der Waals surface area (Å²) in [5.41, 5.74) is 0.337. The lowest BCUT2D eigenvalue weighted by Gasteiger charge is -2.41. The quantitative estimate of drug-likeness (QED) is 0.578. The van der Waals surface area contributed by atoms with E-state index in [4.69, 9.17) is 9.47 Å². The molecule has 10 heteroatoms. The maximum Gasteiger partial charge on any atom is 0.272 e. The van der Waals surface area contributed by atoms with Crippen molar-refractivity contribution >= 4 is 17.7 Å². The van der Waals surface area contributed by atoms with Gasteiger partial charge in [0.1, 0.15) is 11.2 Å². The van der Waals surface area contributed by atoms with Crippen LogP contribution in [0.1, 0.15) is 65.6 Å². The molecule has 2 aliphatic rings. The zero-order valence-corrected chi connectivity index (χ0v) is 21.4. The number of nitrogens with zero attached hydrogens (tertiary/aromatic N) is 3. The van der Waals surface area contributed by atoms with E-state index >= 15 is 0 Å². The molecule has 36 heavy (non-hydrogen) atoms. The lowest BCUT2D eigenvalue weighted by atomic mass is 9.92. The molecule has 1 saturated carbocycles. The maximum atomic E-state index is 13.2. The van der Waals surface area contributed by atoms with Crippen LogP contribution in [0, 0.1) is 0 Å². The molecule has 0 saturated heterocycles. The van der Waals surface area contributed by atoms with Gasteiger partial charge in [-0.25, -0.2) is 0 Å². The highest BCUT2D eigenvalue weighted by Crippen LogP contribution is 2.28. The molecule has 2 heterocycles. The van der Waals surface area contributed by atoms with Crippen LogP contribution < -0.4 is 20.1 Å². The number of likely N-dealkylation sites (N-methyl/N-ethyl adjacent to an activating group) is 1. The van der Waals surface area contributed by atoms with Gasteiger partial charge in [0.15, 0.2) is 17.2 Å². The Morgan fingerprint density at radius 3 is 2.53 bits per heavy atom. The second-order valence-electron chi connectivity index (χ2n) is 9.71. The Morgan fingerprint density at radius 2 is 1.83 bits per heavy atom. The van der Waals surface area contributed by atoms with Gasteiger partial charge in [0.25, 0.3) is 11.8 Å². The third kappa shape index (κ3) is 5.03. The molecule has 0 spiro atoms. The molecule has 194 valence electrons. The number of hydrogen-bond acceptors (Lipinski definition) is 6. The van der Waals surface area contributed by atoms with E-state index in [1.807, 2.05) is 18.2 Å². The largest absolute Gasteiger partial charge is 0.493 e. The molecule has 10 nitrogen and oxygen atoms in total. The van der Waals surface area contributed by atoms with Crippen LogP contribution >= 0.6 is 0 Å². The summed E-state index contributed by atoms with van der Waals surface area (Å²) >= 11 is 0. The lowest BCUT2D eigenvalue weighted by Crippen LogP contribution is -2.63. The molecular formula is C26H35N5O5. The summed E-state index contributed by atoms with van der Waals surface area (Å²) in [7, 11) is 4.78. The molecule has 0 radical (unpaired) electrons. The average Bonchev–Trinajstić information content (AvgIpc) is 3.31. The summed E-state index contributed by atoms with van der Waals surface area (Å²) in [4.78, 5) is 40.6.